The molecule has 0 radical (unpaired) electrons. The van der Waals surface area contributed by atoms with Gasteiger partial charge in [-0.05, 0) is 47.5 Å². The highest BCUT2D eigenvalue weighted by Crippen LogP contribution is 2.25. The van der Waals surface area contributed by atoms with Gasteiger partial charge in [-0.1, -0.05) is 6.07 Å². The number of hydrogen-bond acceptors (Lipinski definition) is 3. The average Bonchev–Trinajstić information content (AvgIpc) is 2.66. The van der Waals surface area contributed by atoms with E-state index in [1.165, 1.54) is 4.68 Å². The fourth-order valence-corrected chi connectivity index (χ4v) is 2.50. The van der Waals surface area contributed by atoms with E-state index in [1.807, 2.05) is 19.9 Å². The molecule has 0 atom stereocenters. The minimum atomic E-state index is -0.220. The Morgan fingerprint density at radius 2 is 2.05 bits per heavy atom. The van der Waals surface area contributed by atoms with E-state index in [4.69, 9.17) is 0 Å². The Hall–Kier alpha value is -1.95. The number of fused-ring (bicyclic) bond motifs is 1. The first-order chi connectivity index (χ1) is 9.11. The number of rotatable bonds is 1. The number of aryl methyl sites for hydroxylation is 2. The van der Waals surface area contributed by atoms with Crippen LogP contribution in [-0.2, 0) is 0 Å². The third kappa shape index (κ3) is 1.71. The highest BCUT2D eigenvalue weighted by Gasteiger charge is 2.14. The number of halogens is 1. The van der Waals surface area contributed by atoms with Crippen molar-refractivity contribution >= 4 is 21.4 Å². The lowest BCUT2D eigenvalue weighted by molar-refractivity contribution is 0.725. The SMILES string of the molecule is Cc1c(Br)c(C)n2c(=O)n(-c3ccccn3)ncc12. The standard InChI is InChI=1S/C13H11BrN4O/c1-8-10-7-16-18(11-5-3-4-6-15-11)13(19)17(10)9(2)12(8)14/h3-7H,1-2H3. The topological polar surface area (TPSA) is 52.2 Å². The summed E-state index contributed by atoms with van der Waals surface area (Å²) in [6, 6.07) is 5.38. The summed E-state index contributed by atoms with van der Waals surface area (Å²) in [6.07, 6.45) is 3.32. The summed E-state index contributed by atoms with van der Waals surface area (Å²) in [7, 11) is 0. The predicted octanol–water partition coefficient (Wildman–Crippen LogP) is 2.26. The Bertz CT molecular complexity index is 820. The van der Waals surface area contributed by atoms with Gasteiger partial charge in [0, 0.05) is 16.4 Å². The van der Waals surface area contributed by atoms with Crippen LogP contribution < -0.4 is 5.69 Å². The van der Waals surface area contributed by atoms with Gasteiger partial charge in [0.15, 0.2) is 5.82 Å². The first kappa shape index (κ1) is 12.1. The van der Waals surface area contributed by atoms with E-state index in [-0.39, 0.29) is 5.69 Å². The molecule has 5 nitrogen and oxygen atoms in total. The molecule has 0 aliphatic rings. The summed E-state index contributed by atoms with van der Waals surface area (Å²) >= 11 is 3.50. The molecule has 0 amide bonds. The summed E-state index contributed by atoms with van der Waals surface area (Å²) in [5.41, 5.74) is 2.46. The molecule has 6 heteroatoms. The second-order valence-electron chi connectivity index (χ2n) is 4.27. The van der Waals surface area contributed by atoms with Crippen LogP contribution in [0.5, 0.6) is 0 Å². The first-order valence-corrected chi connectivity index (χ1v) is 6.57. The van der Waals surface area contributed by atoms with Crippen LogP contribution in [0.25, 0.3) is 11.3 Å². The van der Waals surface area contributed by atoms with Gasteiger partial charge in [-0.25, -0.2) is 9.78 Å². The minimum Gasteiger partial charge on any atom is -0.262 e. The van der Waals surface area contributed by atoms with Crippen LogP contribution in [0.15, 0.2) is 39.9 Å². The van der Waals surface area contributed by atoms with E-state index in [1.54, 1.807) is 28.9 Å². The Morgan fingerprint density at radius 3 is 2.74 bits per heavy atom. The maximum Gasteiger partial charge on any atom is 0.355 e. The minimum absolute atomic E-state index is 0.220. The molecule has 0 N–H and O–H groups in total. The largest absolute Gasteiger partial charge is 0.355 e. The van der Waals surface area contributed by atoms with Crippen molar-refractivity contribution in [1.29, 1.82) is 0 Å². The quantitative estimate of drug-likeness (QED) is 0.691. The van der Waals surface area contributed by atoms with Crippen LogP contribution in [0.2, 0.25) is 0 Å². The number of nitrogens with zero attached hydrogens (tertiary/aromatic N) is 4. The van der Waals surface area contributed by atoms with Crippen LogP contribution in [0.1, 0.15) is 11.3 Å². The van der Waals surface area contributed by atoms with Gasteiger partial charge in [-0.3, -0.25) is 4.40 Å². The lowest BCUT2D eigenvalue weighted by Gasteiger charge is -2.04. The molecule has 0 saturated heterocycles. The second-order valence-corrected chi connectivity index (χ2v) is 5.06. The van der Waals surface area contributed by atoms with Crippen molar-refractivity contribution in [3.63, 3.8) is 0 Å². The average molecular weight is 319 g/mol. The molecule has 0 saturated carbocycles. The zero-order chi connectivity index (χ0) is 13.6. The summed E-state index contributed by atoms with van der Waals surface area (Å²) < 4.78 is 3.87. The third-order valence-electron chi connectivity index (χ3n) is 3.14. The zero-order valence-electron chi connectivity index (χ0n) is 10.5. The Labute approximate surface area is 117 Å². The number of pyridine rings is 1. The summed E-state index contributed by atoms with van der Waals surface area (Å²) in [6.45, 7) is 3.85. The van der Waals surface area contributed by atoms with Gasteiger partial charge in [0.2, 0.25) is 0 Å². The smallest absolute Gasteiger partial charge is 0.262 e. The van der Waals surface area contributed by atoms with Crippen LogP contribution >= 0.6 is 15.9 Å². The highest BCUT2D eigenvalue weighted by atomic mass is 79.9. The second kappa shape index (κ2) is 4.31. The van der Waals surface area contributed by atoms with Crippen molar-refractivity contribution in [2.45, 2.75) is 13.8 Å². The first-order valence-electron chi connectivity index (χ1n) is 5.78. The van der Waals surface area contributed by atoms with Gasteiger partial charge < -0.3 is 0 Å². The normalized spacial score (nSPS) is 11.1. The lowest BCUT2D eigenvalue weighted by atomic mass is 10.3. The maximum atomic E-state index is 12.5. The van der Waals surface area contributed by atoms with Crippen LogP contribution in [0, 0.1) is 13.8 Å². The molecule has 3 aromatic rings. The van der Waals surface area contributed by atoms with Gasteiger partial charge in [0.1, 0.15) is 0 Å². The van der Waals surface area contributed by atoms with Crippen molar-refractivity contribution in [3.8, 4) is 5.82 Å². The van der Waals surface area contributed by atoms with E-state index in [2.05, 4.69) is 26.0 Å². The van der Waals surface area contributed by atoms with Crippen molar-refractivity contribution in [2.75, 3.05) is 0 Å². The van der Waals surface area contributed by atoms with Crippen LogP contribution in [0.3, 0.4) is 0 Å². The molecule has 0 aromatic carbocycles. The molecule has 0 fully saturated rings. The summed E-state index contributed by atoms with van der Waals surface area (Å²) in [4.78, 5) is 16.7. The summed E-state index contributed by atoms with van der Waals surface area (Å²) in [5.74, 6) is 0.510. The van der Waals surface area contributed by atoms with E-state index in [9.17, 15) is 4.79 Å². The molecule has 0 aliphatic carbocycles. The van der Waals surface area contributed by atoms with Crippen molar-refractivity contribution in [2.24, 2.45) is 0 Å². The Balaban J connectivity index is 2.40. The fraction of sp³-hybridized carbons (Fsp3) is 0.154. The van der Waals surface area contributed by atoms with Gasteiger partial charge >= 0.3 is 5.69 Å². The van der Waals surface area contributed by atoms with Gasteiger partial charge in [-0.15, -0.1) is 0 Å². The van der Waals surface area contributed by atoms with Crippen LogP contribution in [-0.4, -0.2) is 19.2 Å². The monoisotopic (exact) mass is 318 g/mol. The molecule has 0 bridgehead atoms. The van der Waals surface area contributed by atoms with E-state index in [0.717, 1.165) is 21.2 Å². The van der Waals surface area contributed by atoms with E-state index < -0.39 is 0 Å². The van der Waals surface area contributed by atoms with Crippen LogP contribution in [0.4, 0.5) is 0 Å². The molecule has 19 heavy (non-hydrogen) atoms. The third-order valence-corrected chi connectivity index (χ3v) is 4.31. The molecule has 3 heterocycles. The van der Waals surface area contributed by atoms with Crippen molar-refractivity contribution < 1.29 is 0 Å². The fourth-order valence-electron chi connectivity index (χ4n) is 2.12. The molecule has 0 unspecified atom stereocenters. The van der Waals surface area contributed by atoms with E-state index in [0.29, 0.717) is 5.82 Å². The van der Waals surface area contributed by atoms with Crippen molar-refractivity contribution in [1.82, 2.24) is 19.2 Å². The van der Waals surface area contributed by atoms with Gasteiger partial charge in [-0.2, -0.15) is 9.78 Å². The molecule has 0 aliphatic heterocycles. The summed E-state index contributed by atoms with van der Waals surface area (Å²) in [5, 5.41) is 4.19. The van der Waals surface area contributed by atoms with E-state index >= 15 is 0 Å². The predicted molar refractivity (Wildman–Crippen MR) is 75.8 cm³/mol. The van der Waals surface area contributed by atoms with Gasteiger partial charge in [0.05, 0.1) is 11.7 Å². The van der Waals surface area contributed by atoms with Crippen molar-refractivity contribution in [3.05, 3.63) is 56.8 Å². The highest BCUT2D eigenvalue weighted by molar-refractivity contribution is 9.10. The molecular weight excluding hydrogens is 308 g/mol. The molecule has 3 rings (SSSR count). The maximum absolute atomic E-state index is 12.5. The molecular formula is C13H11BrN4O. The lowest BCUT2D eigenvalue weighted by Crippen LogP contribution is -2.28. The Morgan fingerprint density at radius 1 is 1.26 bits per heavy atom. The molecule has 0 spiro atoms. The zero-order valence-corrected chi connectivity index (χ0v) is 12.0. The molecule has 96 valence electrons. The molecule has 3 aromatic heterocycles. The number of aromatic nitrogens is 4. The number of hydrogen-bond donors (Lipinski definition) is 0. The van der Waals surface area contributed by atoms with Gasteiger partial charge in [0.25, 0.3) is 0 Å². The Kier molecular flexibility index (Phi) is 2.74.